The number of nitrogens with zero attached hydrogens (tertiary/aromatic N) is 4. The van der Waals surface area contributed by atoms with Crippen LogP contribution in [0.5, 0.6) is 0 Å². The fourth-order valence-corrected chi connectivity index (χ4v) is 4.65. The fourth-order valence-electron chi connectivity index (χ4n) is 4.31. The second-order valence-electron chi connectivity index (χ2n) is 8.16. The lowest BCUT2D eigenvalue weighted by Crippen LogP contribution is -2.54. The first-order valence-electron chi connectivity index (χ1n) is 10.4. The molecular formula is C22H23F3N6S. The summed E-state index contributed by atoms with van der Waals surface area (Å²) in [5.41, 5.74) is 0.907. The molecule has 168 valence electrons. The molecular weight excluding hydrogens is 437 g/mol. The largest absolute Gasteiger partial charge is 0.416 e. The van der Waals surface area contributed by atoms with Crippen molar-refractivity contribution in [1.29, 1.82) is 0 Å². The highest BCUT2D eigenvalue weighted by Crippen LogP contribution is 2.39. The molecule has 2 aliphatic heterocycles. The number of aromatic nitrogens is 3. The molecule has 2 aliphatic rings. The molecule has 10 heteroatoms. The average molecular weight is 461 g/mol. The summed E-state index contributed by atoms with van der Waals surface area (Å²) < 4.78 is 41.9. The number of nitrogens with one attached hydrogen (secondary N) is 2. The van der Waals surface area contributed by atoms with Gasteiger partial charge in [0.25, 0.3) is 0 Å². The van der Waals surface area contributed by atoms with Crippen LogP contribution in [0.2, 0.25) is 0 Å². The topological polar surface area (TPSA) is 58.0 Å². The number of benzene rings is 2. The van der Waals surface area contributed by atoms with E-state index in [9.17, 15) is 13.2 Å². The second-order valence-corrected chi connectivity index (χ2v) is 8.93. The Bertz CT molecular complexity index is 1110. The number of fused-ring (bicyclic) bond motifs is 3. The summed E-state index contributed by atoms with van der Waals surface area (Å²) in [6.45, 7) is 2.44. The number of halogens is 3. The molecule has 1 spiro atoms. The van der Waals surface area contributed by atoms with Gasteiger partial charge in [0.2, 0.25) is 11.1 Å². The summed E-state index contributed by atoms with van der Waals surface area (Å²) >= 11 is 1.40. The molecule has 1 saturated heterocycles. The molecule has 3 heterocycles. The van der Waals surface area contributed by atoms with Gasteiger partial charge in [-0.15, -0.1) is 5.10 Å². The van der Waals surface area contributed by atoms with Gasteiger partial charge in [-0.25, -0.2) is 0 Å². The van der Waals surface area contributed by atoms with Gasteiger partial charge in [-0.1, -0.05) is 42.1 Å². The quantitative estimate of drug-likeness (QED) is 0.546. The maximum absolute atomic E-state index is 13.4. The predicted molar refractivity (Wildman–Crippen MR) is 119 cm³/mol. The Hall–Kier alpha value is -2.72. The van der Waals surface area contributed by atoms with E-state index in [1.54, 1.807) is 4.68 Å². The summed E-state index contributed by atoms with van der Waals surface area (Å²) in [7, 11) is 0. The zero-order valence-electron chi connectivity index (χ0n) is 17.5. The van der Waals surface area contributed by atoms with Gasteiger partial charge in [0.1, 0.15) is 5.66 Å². The van der Waals surface area contributed by atoms with Crippen molar-refractivity contribution >= 4 is 23.4 Å². The Morgan fingerprint density at radius 3 is 2.50 bits per heavy atom. The summed E-state index contributed by atoms with van der Waals surface area (Å²) in [6, 6.07) is 14.0. The Morgan fingerprint density at radius 2 is 1.81 bits per heavy atom. The number of thioether (sulfide) groups is 1. The van der Waals surface area contributed by atoms with Crippen molar-refractivity contribution in [3.8, 4) is 5.69 Å². The predicted octanol–water partition coefficient (Wildman–Crippen LogP) is 4.84. The number of rotatable bonds is 3. The summed E-state index contributed by atoms with van der Waals surface area (Å²) in [5.74, 6) is 0.539. The van der Waals surface area contributed by atoms with Gasteiger partial charge in [-0.2, -0.15) is 22.8 Å². The van der Waals surface area contributed by atoms with E-state index in [0.717, 1.165) is 25.7 Å². The van der Waals surface area contributed by atoms with Gasteiger partial charge in [0, 0.05) is 32.5 Å². The van der Waals surface area contributed by atoms with E-state index in [4.69, 9.17) is 0 Å². The van der Waals surface area contributed by atoms with E-state index in [0.29, 0.717) is 35.3 Å². The van der Waals surface area contributed by atoms with E-state index >= 15 is 0 Å². The Morgan fingerprint density at radius 1 is 1.06 bits per heavy atom. The fraction of sp³-hybridized carbons (Fsp3) is 0.364. The van der Waals surface area contributed by atoms with Crippen LogP contribution in [-0.4, -0.2) is 44.7 Å². The lowest BCUT2D eigenvalue weighted by atomic mass is 9.95. The first kappa shape index (κ1) is 21.1. The van der Waals surface area contributed by atoms with Crippen LogP contribution in [0.25, 0.3) is 5.69 Å². The smallest absolute Gasteiger partial charge is 0.361 e. The third-order valence-electron chi connectivity index (χ3n) is 6.01. The molecule has 0 radical (unpaired) electrons. The zero-order chi connectivity index (χ0) is 22.3. The van der Waals surface area contributed by atoms with Gasteiger partial charge in [0.05, 0.1) is 16.9 Å². The minimum absolute atomic E-state index is 0.403. The summed E-state index contributed by atoms with van der Waals surface area (Å²) in [5, 5.41) is 11.9. The van der Waals surface area contributed by atoms with Gasteiger partial charge in [-0.05, 0) is 30.0 Å². The number of piperidine rings is 1. The summed E-state index contributed by atoms with van der Waals surface area (Å²) in [4.78, 5) is 6.92. The van der Waals surface area contributed by atoms with Crippen LogP contribution in [0.3, 0.4) is 0 Å². The Labute approximate surface area is 188 Å². The van der Waals surface area contributed by atoms with E-state index < -0.39 is 17.4 Å². The molecule has 0 saturated carbocycles. The number of alkyl halides is 3. The molecule has 0 amide bonds. The third-order valence-corrected chi connectivity index (χ3v) is 6.54. The third kappa shape index (κ3) is 4.04. The standard InChI is InChI=1S/C22H23F3N6S/c1-32-20-26-19-28-21(9-11-30(12-10-21)14-15-5-3-2-4-6-15)27-17-13-16(22(23,24)25)7-8-18(17)31(19)29-20/h2-8,13,27H,9-12,14H2,1H3,(H,26,28,29). The molecule has 5 rings (SSSR count). The lowest BCUT2D eigenvalue weighted by Gasteiger charge is -2.42. The number of anilines is 2. The molecule has 1 aromatic heterocycles. The van der Waals surface area contributed by atoms with Gasteiger partial charge in [0.15, 0.2) is 0 Å². The monoisotopic (exact) mass is 460 g/mol. The lowest BCUT2D eigenvalue weighted by molar-refractivity contribution is -0.137. The van der Waals surface area contributed by atoms with Crippen LogP contribution >= 0.6 is 11.8 Å². The molecule has 0 atom stereocenters. The normalized spacial score (nSPS) is 17.8. The highest BCUT2D eigenvalue weighted by Gasteiger charge is 2.40. The Kier molecular flexibility index (Phi) is 5.29. The molecule has 0 unspecified atom stereocenters. The minimum atomic E-state index is -4.42. The Balaban J connectivity index is 1.46. The van der Waals surface area contributed by atoms with Crippen LogP contribution < -0.4 is 10.6 Å². The van der Waals surface area contributed by atoms with Crippen molar-refractivity contribution in [2.24, 2.45) is 0 Å². The summed E-state index contributed by atoms with van der Waals surface area (Å²) in [6.07, 6.45) is -1.13. The van der Waals surface area contributed by atoms with Gasteiger partial charge >= 0.3 is 6.18 Å². The van der Waals surface area contributed by atoms with E-state index in [1.807, 2.05) is 24.5 Å². The van der Waals surface area contributed by atoms with Crippen LogP contribution in [-0.2, 0) is 12.7 Å². The van der Waals surface area contributed by atoms with Crippen molar-refractivity contribution in [1.82, 2.24) is 19.7 Å². The average Bonchev–Trinajstić information content (AvgIpc) is 3.13. The van der Waals surface area contributed by atoms with Crippen molar-refractivity contribution in [3.63, 3.8) is 0 Å². The molecule has 3 aromatic rings. The highest BCUT2D eigenvalue weighted by molar-refractivity contribution is 7.98. The van der Waals surface area contributed by atoms with E-state index in [1.165, 1.54) is 29.5 Å². The molecule has 2 aromatic carbocycles. The zero-order valence-corrected chi connectivity index (χ0v) is 18.3. The number of hydrogen-bond donors (Lipinski definition) is 2. The van der Waals surface area contributed by atoms with Crippen molar-refractivity contribution in [3.05, 3.63) is 59.7 Å². The highest BCUT2D eigenvalue weighted by atomic mass is 32.2. The number of likely N-dealkylation sites (tertiary alicyclic amines) is 1. The van der Waals surface area contributed by atoms with E-state index in [2.05, 4.69) is 37.7 Å². The first-order valence-corrected chi connectivity index (χ1v) is 11.6. The second kappa shape index (κ2) is 8.00. The van der Waals surface area contributed by atoms with Gasteiger partial charge < -0.3 is 10.6 Å². The molecule has 0 bridgehead atoms. The van der Waals surface area contributed by atoms with E-state index in [-0.39, 0.29) is 0 Å². The first-order chi connectivity index (χ1) is 15.4. The van der Waals surface area contributed by atoms with Crippen LogP contribution in [0, 0.1) is 0 Å². The maximum atomic E-state index is 13.4. The number of hydrogen-bond acceptors (Lipinski definition) is 6. The van der Waals surface area contributed by atoms with Crippen LogP contribution in [0.4, 0.5) is 24.8 Å². The van der Waals surface area contributed by atoms with Crippen LogP contribution in [0.1, 0.15) is 24.0 Å². The van der Waals surface area contributed by atoms with Crippen molar-refractivity contribution < 1.29 is 13.2 Å². The molecule has 1 fully saturated rings. The molecule has 32 heavy (non-hydrogen) atoms. The van der Waals surface area contributed by atoms with Gasteiger partial charge in [-0.3, -0.25) is 4.90 Å². The molecule has 0 aliphatic carbocycles. The molecule has 6 nitrogen and oxygen atoms in total. The SMILES string of the molecule is CSc1nc2n(n1)-c1ccc(C(F)(F)F)cc1NC1(CCN(Cc3ccccc3)CC1)N2. The van der Waals surface area contributed by atoms with Crippen molar-refractivity contribution in [2.75, 3.05) is 30.0 Å². The molecule has 2 N–H and O–H groups in total. The maximum Gasteiger partial charge on any atom is 0.416 e. The van der Waals surface area contributed by atoms with Crippen molar-refractivity contribution in [2.45, 2.75) is 36.4 Å². The minimum Gasteiger partial charge on any atom is -0.361 e. The van der Waals surface area contributed by atoms with Crippen LogP contribution in [0.15, 0.2) is 53.7 Å².